The number of pyridine rings is 1. The van der Waals surface area contributed by atoms with Crippen LogP contribution in [0.2, 0.25) is 10.0 Å². The number of hydrazone groups is 1. The lowest BCUT2D eigenvalue weighted by molar-refractivity contribution is 0.154. The fourth-order valence-electron chi connectivity index (χ4n) is 2.01. The molecular weight excluding hydrogens is 480 g/mol. The van der Waals surface area contributed by atoms with E-state index in [0.29, 0.717) is 0 Å². The van der Waals surface area contributed by atoms with Gasteiger partial charge in [0.15, 0.2) is 10.9 Å². The number of carbonyl (C=O) groups is 1. The number of nitrogens with two attached hydrogens (primary N) is 1. The molecule has 0 saturated carbocycles. The Morgan fingerprint density at radius 3 is 2.80 bits per heavy atom. The van der Waals surface area contributed by atoms with E-state index in [1.54, 1.807) is 6.07 Å². The first-order chi connectivity index (χ1) is 14.0. The summed E-state index contributed by atoms with van der Waals surface area (Å²) in [5.74, 6) is -0.361. The van der Waals surface area contributed by atoms with Crippen molar-refractivity contribution in [2.75, 3.05) is 5.32 Å². The Kier molecular flexibility index (Phi) is 8.35. The minimum absolute atomic E-state index is 0.0413. The highest BCUT2D eigenvalue weighted by molar-refractivity contribution is 7.80. The quantitative estimate of drug-likeness (QED) is 0.167. The van der Waals surface area contributed by atoms with Gasteiger partial charge in [0.1, 0.15) is 12.3 Å². The largest absolute Gasteiger partial charge is 0.524 e. The van der Waals surface area contributed by atoms with Crippen LogP contribution < -0.4 is 21.0 Å². The lowest BCUT2D eigenvalue weighted by atomic mass is 10.2. The van der Waals surface area contributed by atoms with Gasteiger partial charge in [-0.25, -0.2) is 9.36 Å². The number of nitrogens with one attached hydrogen (secondary N) is 2. The molecule has 1 heterocycles. The topological polar surface area (TPSA) is 168 Å². The number of carbonyl (C=O) groups excluding carboxylic acids is 1. The summed E-state index contributed by atoms with van der Waals surface area (Å²) in [5, 5.41) is 6.13. The zero-order valence-corrected chi connectivity index (χ0v) is 18.0. The van der Waals surface area contributed by atoms with E-state index in [-0.39, 0.29) is 37.9 Å². The summed E-state index contributed by atoms with van der Waals surface area (Å²) in [5.41, 5.74) is 8.18. The van der Waals surface area contributed by atoms with Gasteiger partial charge in [-0.1, -0.05) is 23.2 Å². The third kappa shape index (κ3) is 7.75. The molecule has 0 aliphatic carbocycles. The van der Waals surface area contributed by atoms with E-state index in [1.807, 2.05) is 0 Å². The average molecular weight is 494 g/mol. The molecule has 0 aliphatic heterocycles. The summed E-state index contributed by atoms with van der Waals surface area (Å²) in [6, 6.07) is 5.61. The van der Waals surface area contributed by atoms with Gasteiger partial charge < -0.3 is 15.0 Å². The molecule has 1 amide bonds. The van der Waals surface area contributed by atoms with Gasteiger partial charge in [0.2, 0.25) is 0 Å². The monoisotopic (exact) mass is 493 g/mol. The van der Waals surface area contributed by atoms with E-state index in [0.717, 1.165) is 0 Å². The number of thiocarbonyl (C=S) groups is 1. The van der Waals surface area contributed by atoms with E-state index in [9.17, 15) is 9.36 Å². The van der Waals surface area contributed by atoms with Gasteiger partial charge >= 0.3 is 13.9 Å². The molecule has 0 unspecified atom stereocenters. The first-order valence-electron chi connectivity index (χ1n) is 7.75. The SMILES string of the molecule is NC(=S)NN=Cc1ncccc1NC(=O)OCc1cc(Cl)cc(Cl)c1OP(=O)(O)O. The number of amides is 1. The second-order valence-electron chi connectivity index (χ2n) is 5.33. The van der Waals surface area contributed by atoms with Crippen molar-refractivity contribution in [2.24, 2.45) is 10.8 Å². The molecule has 1 aromatic carbocycles. The van der Waals surface area contributed by atoms with Gasteiger partial charge in [-0.2, -0.15) is 5.10 Å². The second-order valence-corrected chi connectivity index (χ2v) is 7.78. The summed E-state index contributed by atoms with van der Waals surface area (Å²) < 4.78 is 20.8. The van der Waals surface area contributed by atoms with Crippen LogP contribution in [0.1, 0.15) is 11.3 Å². The van der Waals surface area contributed by atoms with Gasteiger partial charge in [0, 0.05) is 16.8 Å². The number of rotatable bonds is 7. The van der Waals surface area contributed by atoms with Crippen LogP contribution >= 0.6 is 43.2 Å². The average Bonchev–Trinajstić information content (AvgIpc) is 2.62. The van der Waals surface area contributed by atoms with E-state index in [2.05, 4.69) is 37.6 Å². The van der Waals surface area contributed by atoms with Crippen LogP contribution in [0.3, 0.4) is 0 Å². The fraction of sp³-hybridized carbons (Fsp3) is 0.0667. The molecule has 0 atom stereocenters. The number of nitrogens with zero attached hydrogens (tertiary/aromatic N) is 2. The van der Waals surface area contributed by atoms with Crippen LogP contribution in [-0.4, -0.2) is 32.2 Å². The predicted octanol–water partition coefficient (Wildman–Crippen LogP) is 2.78. The van der Waals surface area contributed by atoms with Gasteiger partial charge in [-0.3, -0.25) is 25.5 Å². The maximum absolute atomic E-state index is 12.2. The van der Waals surface area contributed by atoms with Crippen molar-refractivity contribution in [2.45, 2.75) is 6.61 Å². The predicted molar refractivity (Wildman–Crippen MR) is 115 cm³/mol. The number of ether oxygens (including phenoxy) is 1. The van der Waals surface area contributed by atoms with E-state index in [4.69, 9.17) is 43.5 Å². The summed E-state index contributed by atoms with van der Waals surface area (Å²) in [6.45, 7) is -0.450. The van der Waals surface area contributed by atoms with Crippen LogP contribution in [0.4, 0.5) is 10.5 Å². The van der Waals surface area contributed by atoms with Gasteiger partial charge in [-0.15, -0.1) is 0 Å². The molecule has 160 valence electrons. The standard InChI is InChI=1S/C15H14Cl2N5O6PS/c16-9-4-8(13(10(17)5-9)28-29(24,25)26)7-27-15(23)21-11-2-1-3-19-12(11)6-20-22-14(18)30/h1-6H,7H2,(H,21,23)(H3,18,22,30)(H2,24,25,26). The molecule has 15 heteroatoms. The van der Waals surface area contributed by atoms with E-state index < -0.39 is 20.5 Å². The molecule has 0 spiro atoms. The lowest BCUT2D eigenvalue weighted by Crippen LogP contribution is -2.24. The van der Waals surface area contributed by atoms with Crippen molar-refractivity contribution in [3.05, 3.63) is 51.8 Å². The van der Waals surface area contributed by atoms with Crippen LogP contribution in [-0.2, 0) is 15.9 Å². The highest BCUT2D eigenvalue weighted by atomic mass is 35.5. The number of phosphoric acid groups is 1. The van der Waals surface area contributed by atoms with Crippen LogP contribution in [0.5, 0.6) is 5.75 Å². The molecule has 0 bridgehead atoms. The summed E-state index contributed by atoms with van der Waals surface area (Å²) in [7, 11) is -4.91. The van der Waals surface area contributed by atoms with Crippen molar-refractivity contribution in [1.82, 2.24) is 10.4 Å². The Morgan fingerprint density at radius 1 is 1.40 bits per heavy atom. The Hall–Kier alpha value is -2.47. The number of halogens is 2. The lowest BCUT2D eigenvalue weighted by Gasteiger charge is -2.14. The highest BCUT2D eigenvalue weighted by Crippen LogP contribution is 2.44. The van der Waals surface area contributed by atoms with E-state index in [1.165, 1.54) is 30.6 Å². The van der Waals surface area contributed by atoms with Crippen molar-refractivity contribution in [3.63, 3.8) is 0 Å². The highest BCUT2D eigenvalue weighted by Gasteiger charge is 2.22. The smallest absolute Gasteiger partial charge is 0.444 e. The van der Waals surface area contributed by atoms with Crippen LogP contribution in [0, 0.1) is 0 Å². The third-order valence-corrected chi connectivity index (χ3v) is 4.10. The first kappa shape index (κ1) is 23.8. The molecule has 0 saturated heterocycles. The van der Waals surface area contributed by atoms with Crippen molar-refractivity contribution < 1.29 is 28.4 Å². The number of hydrogen-bond acceptors (Lipinski definition) is 7. The number of benzene rings is 1. The number of phosphoric ester groups is 1. The minimum Gasteiger partial charge on any atom is -0.444 e. The third-order valence-electron chi connectivity index (χ3n) is 3.09. The fourth-order valence-corrected chi connectivity index (χ4v) is 3.15. The molecule has 11 nitrogen and oxygen atoms in total. The molecule has 30 heavy (non-hydrogen) atoms. The molecular formula is C15H14Cl2N5O6PS. The number of anilines is 1. The molecule has 1 aromatic heterocycles. The minimum atomic E-state index is -4.91. The molecule has 0 radical (unpaired) electrons. The number of hydrogen-bond donors (Lipinski definition) is 5. The van der Waals surface area contributed by atoms with Crippen molar-refractivity contribution in [1.29, 1.82) is 0 Å². The zero-order valence-electron chi connectivity index (χ0n) is 14.8. The van der Waals surface area contributed by atoms with Gasteiger partial charge in [-0.05, 0) is 36.5 Å². The first-order valence-corrected chi connectivity index (χ1v) is 10.4. The van der Waals surface area contributed by atoms with Crippen molar-refractivity contribution in [3.8, 4) is 5.75 Å². The zero-order chi connectivity index (χ0) is 22.3. The van der Waals surface area contributed by atoms with Crippen LogP contribution in [0.15, 0.2) is 35.6 Å². The second kappa shape index (κ2) is 10.5. The van der Waals surface area contributed by atoms with Gasteiger partial charge in [0.25, 0.3) is 0 Å². The number of aromatic nitrogens is 1. The maximum Gasteiger partial charge on any atom is 0.524 e. The molecule has 0 aliphatic rings. The molecule has 2 rings (SSSR count). The Balaban J connectivity index is 2.12. The molecule has 2 aromatic rings. The Morgan fingerprint density at radius 2 is 2.13 bits per heavy atom. The Bertz CT molecular complexity index is 1030. The van der Waals surface area contributed by atoms with Gasteiger partial charge in [0.05, 0.1) is 16.9 Å². The summed E-state index contributed by atoms with van der Waals surface area (Å²) in [4.78, 5) is 34.3. The van der Waals surface area contributed by atoms with Crippen molar-refractivity contribution >= 4 is 66.4 Å². The summed E-state index contributed by atoms with van der Waals surface area (Å²) in [6.07, 6.45) is 1.84. The van der Waals surface area contributed by atoms with Crippen LogP contribution in [0.25, 0.3) is 0 Å². The molecule has 0 fully saturated rings. The normalized spacial score (nSPS) is 11.2. The summed E-state index contributed by atoms with van der Waals surface area (Å²) >= 11 is 16.4. The maximum atomic E-state index is 12.2. The Labute approximate surface area is 185 Å². The molecule has 6 N–H and O–H groups in total. The van der Waals surface area contributed by atoms with E-state index >= 15 is 0 Å².